The SMILES string of the molecule is COC(=O)N1CCN(c2c(F)cc(N3C[C@H](Cn4ccnn4)OC3=O)cc2F)CCO1. The summed E-state index contributed by atoms with van der Waals surface area (Å²) >= 11 is 0. The molecule has 0 unspecified atom stereocenters. The molecular formula is C18H20F2N6O5. The van der Waals surface area contributed by atoms with Gasteiger partial charge in [0.1, 0.15) is 11.8 Å². The van der Waals surface area contributed by atoms with Crippen molar-refractivity contribution in [3.05, 3.63) is 36.2 Å². The molecule has 1 aromatic carbocycles. The van der Waals surface area contributed by atoms with Crippen LogP contribution in [-0.4, -0.2) is 78.2 Å². The van der Waals surface area contributed by atoms with E-state index in [9.17, 15) is 18.4 Å². The zero-order valence-corrected chi connectivity index (χ0v) is 16.6. The number of benzene rings is 1. The fourth-order valence-electron chi connectivity index (χ4n) is 3.49. The van der Waals surface area contributed by atoms with Gasteiger partial charge in [-0.3, -0.25) is 9.74 Å². The number of methoxy groups -OCH3 is 1. The number of hydrogen-bond donors (Lipinski definition) is 0. The number of hydrogen-bond acceptors (Lipinski definition) is 8. The standard InChI is InChI=1S/C18H20F2N6O5/c1-29-18(28)26-5-4-23(6-7-30-26)16-14(19)8-12(9-15(16)20)25-11-13(31-17(25)27)10-24-3-2-21-22-24/h2-3,8-9,13H,4-7,10-11H2,1H3/t13-/m0/s1. The van der Waals surface area contributed by atoms with E-state index in [1.807, 2.05) is 0 Å². The molecular weight excluding hydrogens is 418 g/mol. The number of nitrogens with zero attached hydrogens (tertiary/aromatic N) is 6. The third kappa shape index (κ3) is 4.35. The van der Waals surface area contributed by atoms with E-state index in [0.717, 1.165) is 17.2 Å². The highest BCUT2D eigenvalue weighted by atomic mass is 19.1. The van der Waals surface area contributed by atoms with Crippen molar-refractivity contribution < 1.29 is 32.7 Å². The predicted octanol–water partition coefficient (Wildman–Crippen LogP) is 1.40. The minimum absolute atomic E-state index is 0.0398. The highest BCUT2D eigenvalue weighted by Crippen LogP contribution is 2.31. The van der Waals surface area contributed by atoms with Crippen LogP contribution in [0.2, 0.25) is 0 Å². The second-order valence-corrected chi connectivity index (χ2v) is 6.89. The van der Waals surface area contributed by atoms with Crippen LogP contribution in [0.3, 0.4) is 0 Å². The molecule has 0 bridgehead atoms. The van der Waals surface area contributed by atoms with Gasteiger partial charge in [-0.15, -0.1) is 5.10 Å². The summed E-state index contributed by atoms with van der Waals surface area (Å²) in [6, 6.07) is 2.17. The third-order valence-electron chi connectivity index (χ3n) is 4.93. The van der Waals surface area contributed by atoms with Crippen LogP contribution >= 0.6 is 0 Å². The molecule has 4 rings (SSSR count). The van der Waals surface area contributed by atoms with Crippen LogP contribution in [0.1, 0.15) is 0 Å². The molecule has 0 aliphatic carbocycles. The van der Waals surface area contributed by atoms with Crippen LogP contribution in [-0.2, 0) is 20.9 Å². The van der Waals surface area contributed by atoms with Crippen molar-refractivity contribution in [2.24, 2.45) is 0 Å². The van der Waals surface area contributed by atoms with Crippen LogP contribution < -0.4 is 9.80 Å². The van der Waals surface area contributed by atoms with Crippen molar-refractivity contribution in [3.8, 4) is 0 Å². The Bertz CT molecular complexity index is 936. The average molecular weight is 438 g/mol. The molecule has 3 heterocycles. The van der Waals surface area contributed by atoms with Crippen molar-refractivity contribution in [1.82, 2.24) is 20.1 Å². The lowest BCUT2D eigenvalue weighted by Crippen LogP contribution is -2.34. The monoisotopic (exact) mass is 438 g/mol. The first-order valence-corrected chi connectivity index (χ1v) is 9.51. The number of rotatable bonds is 4. The fraction of sp³-hybridized carbons (Fsp3) is 0.444. The molecule has 0 N–H and O–H groups in total. The summed E-state index contributed by atoms with van der Waals surface area (Å²) < 4.78 is 41.2. The number of anilines is 2. The van der Waals surface area contributed by atoms with Gasteiger partial charge in [-0.2, -0.15) is 5.06 Å². The largest absolute Gasteiger partial charge is 0.451 e. The van der Waals surface area contributed by atoms with Crippen LogP contribution in [0.4, 0.5) is 29.7 Å². The summed E-state index contributed by atoms with van der Waals surface area (Å²) in [6.07, 6.45) is 1.19. The van der Waals surface area contributed by atoms with Gasteiger partial charge in [-0.05, 0) is 0 Å². The number of cyclic esters (lactones) is 1. The van der Waals surface area contributed by atoms with Gasteiger partial charge in [-0.1, -0.05) is 5.21 Å². The molecule has 1 atom stereocenters. The van der Waals surface area contributed by atoms with E-state index < -0.39 is 29.9 Å². The third-order valence-corrected chi connectivity index (χ3v) is 4.93. The first-order valence-electron chi connectivity index (χ1n) is 9.51. The molecule has 0 saturated carbocycles. The highest BCUT2D eigenvalue weighted by Gasteiger charge is 2.34. The van der Waals surface area contributed by atoms with Crippen LogP contribution in [0.25, 0.3) is 0 Å². The number of ether oxygens (including phenoxy) is 2. The molecule has 0 spiro atoms. The number of carbonyl (C=O) groups is 2. The van der Waals surface area contributed by atoms with E-state index in [1.165, 1.54) is 27.8 Å². The summed E-state index contributed by atoms with van der Waals surface area (Å²) in [4.78, 5) is 31.7. The van der Waals surface area contributed by atoms with Crippen LogP contribution in [0, 0.1) is 11.6 Å². The zero-order valence-electron chi connectivity index (χ0n) is 16.6. The maximum absolute atomic E-state index is 14.9. The second-order valence-electron chi connectivity index (χ2n) is 6.89. The lowest BCUT2D eigenvalue weighted by Gasteiger charge is -2.24. The van der Waals surface area contributed by atoms with E-state index in [4.69, 9.17) is 9.57 Å². The van der Waals surface area contributed by atoms with Gasteiger partial charge in [0.2, 0.25) is 0 Å². The van der Waals surface area contributed by atoms with Crippen molar-refractivity contribution in [2.75, 3.05) is 49.7 Å². The van der Waals surface area contributed by atoms with Crippen molar-refractivity contribution in [3.63, 3.8) is 0 Å². The summed E-state index contributed by atoms with van der Waals surface area (Å²) in [5.41, 5.74) is -0.210. The van der Waals surface area contributed by atoms with Gasteiger partial charge in [0, 0.05) is 31.4 Å². The molecule has 2 amide bonds. The van der Waals surface area contributed by atoms with Gasteiger partial charge in [0.15, 0.2) is 11.6 Å². The van der Waals surface area contributed by atoms with Gasteiger partial charge in [0.05, 0.1) is 45.2 Å². The molecule has 13 heteroatoms. The van der Waals surface area contributed by atoms with Gasteiger partial charge in [0.25, 0.3) is 0 Å². The number of amides is 2. The number of halogens is 2. The van der Waals surface area contributed by atoms with E-state index in [0.29, 0.717) is 0 Å². The summed E-state index contributed by atoms with van der Waals surface area (Å²) in [7, 11) is 1.21. The Morgan fingerprint density at radius 1 is 1.26 bits per heavy atom. The maximum Gasteiger partial charge on any atom is 0.433 e. The van der Waals surface area contributed by atoms with Crippen molar-refractivity contribution in [2.45, 2.75) is 12.6 Å². The van der Waals surface area contributed by atoms with Crippen LogP contribution in [0.5, 0.6) is 0 Å². The Morgan fingerprint density at radius 2 is 2.03 bits per heavy atom. The molecule has 11 nitrogen and oxygen atoms in total. The Balaban J connectivity index is 1.48. The molecule has 0 radical (unpaired) electrons. The zero-order chi connectivity index (χ0) is 22.0. The first-order chi connectivity index (χ1) is 15.0. The summed E-state index contributed by atoms with van der Waals surface area (Å²) in [5, 5.41) is 8.49. The molecule has 2 aliphatic rings. The van der Waals surface area contributed by atoms with Crippen molar-refractivity contribution in [1.29, 1.82) is 0 Å². The first kappa shape index (κ1) is 20.8. The number of hydroxylamine groups is 2. The average Bonchev–Trinajstić information content (AvgIpc) is 3.31. The van der Waals surface area contributed by atoms with E-state index in [-0.39, 0.29) is 50.7 Å². The maximum atomic E-state index is 14.9. The van der Waals surface area contributed by atoms with Crippen LogP contribution in [0.15, 0.2) is 24.5 Å². The quantitative estimate of drug-likeness (QED) is 0.706. The molecule has 2 aromatic rings. The Morgan fingerprint density at radius 3 is 2.71 bits per heavy atom. The van der Waals surface area contributed by atoms with E-state index >= 15 is 0 Å². The lowest BCUT2D eigenvalue weighted by molar-refractivity contribution is -0.122. The Kier molecular flexibility index (Phi) is 5.84. The topological polar surface area (TPSA) is 102 Å². The van der Waals surface area contributed by atoms with E-state index in [2.05, 4.69) is 15.0 Å². The second kappa shape index (κ2) is 8.71. The minimum Gasteiger partial charge on any atom is -0.451 e. The fourth-order valence-corrected chi connectivity index (χ4v) is 3.49. The summed E-state index contributed by atoms with van der Waals surface area (Å²) in [5.74, 6) is -1.68. The molecule has 31 heavy (non-hydrogen) atoms. The highest BCUT2D eigenvalue weighted by molar-refractivity contribution is 5.90. The molecule has 2 saturated heterocycles. The van der Waals surface area contributed by atoms with E-state index in [1.54, 1.807) is 6.20 Å². The van der Waals surface area contributed by atoms with Crippen molar-refractivity contribution >= 4 is 23.6 Å². The Hall–Kier alpha value is -3.48. The smallest absolute Gasteiger partial charge is 0.433 e. The van der Waals surface area contributed by atoms with Gasteiger partial charge >= 0.3 is 12.2 Å². The number of carbonyl (C=O) groups excluding carboxylic acids is 2. The lowest BCUT2D eigenvalue weighted by atomic mass is 10.2. The normalized spacial score (nSPS) is 19.4. The van der Waals surface area contributed by atoms with Gasteiger partial charge < -0.3 is 14.4 Å². The molecule has 1 aromatic heterocycles. The molecule has 2 fully saturated rings. The molecule has 166 valence electrons. The predicted molar refractivity (Wildman–Crippen MR) is 101 cm³/mol. The Labute approximate surface area is 175 Å². The summed E-state index contributed by atoms with van der Waals surface area (Å²) in [6.45, 7) is 0.784. The van der Waals surface area contributed by atoms with Gasteiger partial charge in [-0.25, -0.2) is 23.1 Å². The molecule has 2 aliphatic heterocycles. The number of aromatic nitrogens is 3. The minimum atomic E-state index is -0.839.